The molecule has 41 heavy (non-hydrogen) atoms. The summed E-state index contributed by atoms with van der Waals surface area (Å²) in [6, 6.07) is 15.7. The van der Waals surface area contributed by atoms with Crippen LogP contribution in [0.4, 0.5) is 11.4 Å². The highest BCUT2D eigenvalue weighted by Crippen LogP contribution is 2.42. The van der Waals surface area contributed by atoms with Crippen molar-refractivity contribution in [2.75, 3.05) is 23.4 Å². The van der Waals surface area contributed by atoms with Crippen LogP contribution in [0.5, 0.6) is 0 Å². The van der Waals surface area contributed by atoms with Crippen molar-refractivity contribution in [3.63, 3.8) is 0 Å². The normalized spacial score (nSPS) is 17.1. The van der Waals surface area contributed by atoms with Gasteiger partial charge in [-0.15, -0.1) is 0 Å². The minimum absolute atomic E-state index is 0.0734. The fraction of sp³-hybridized carbons (Fsp3) is 0.344. The molecule has 0 aromatic heterocycles. The van der Waals surface area contributed by atoms with Crippen LogP contribution in [-0.4, -0.2) is 47.3 Å². The predicted molar refractivity (Wildman–Crippen MR) is 159 cm³/mol. The van der Waals surface area contributed by atoms with Crippen LogP contribution in [-0.2, 0) is 14.3 Å². The summed E-state index contributed by atoms with van der Waals surface area (Å²) in [7, 11) is 0. The van der Waals surface area contributed by atoms with E-state index in [0.29, 0.717) is 27.5 Å². The minimum Gasteiger partial charge on any atom is -0.478 e. The van der Waals surface area contributed by atoms with Crippen LogP contribution in [0.15, 0.2) is 54.6 Å². The summed E-state index contributed by atoms with van der Waals surface area (Å²) in [6.45, 7) is 9.37. The maximum atomic E-state index is 14.1. The average Bonchev–Trinajstić information content (AvgIpc) is 3.01. The van der Waals surface area contributed by atoms with Gasteiger partial charge in [0.05, 0.1) is 12.0 Å². The molecule has 1 aliphatic heterocycles. The van der Waals surface area contributed by atoms with E-state index in [9.17, 15) is 24.6 Å². The van der Waals surface area contributed by atoms with E-state index in [1.54, 1.807) is 42.2 Å². The Labute approximate surface area is 244 Å². The Bertz CT molecular complexity index is 1500. The number of nitrogens with zero attached hydrogens (tertiary/aromatic N) is 1. The Kier molecular flexibility index (Phi) is 8.87. The van der Waals surface area contributed by atoms with Gasteiger partial charge in [-0.25, -0.2) is 4.79 Å². The van der Waals surface area contributed by atoms with Crippen LogP contribution in [0, 0.1) is 26.2 Å². The zero-order valence-electron chi connectivity index (χ0n) is 23.8. The number of aromatic carboxylic acids is 1. The predicted octanol–water partition coefficient (Wildman–Crippen LogP) is 5.83. The molecule has 8 nitrogen and oxygen atoms in total. The smallest absolute Gasteiger partial charge is 0.336 e. The van der Waals surface area contributed by atoms with Gasteiger partial charge in [-0.3, -0.25) is 9.59 Å². The lowest BCUT2D eigenvalue weighted by Crippen LogP contribution is -2.46. The molecule has 0 fully saturated rings. The minimum atomic E-state index is -1.18. The van der Waals surface area contributed by atoms with E-state index in [1.165, 1.54) is 6.07 Å². The lowest BCUT2D eigenvalue weighted by Gasteiger charge is -2.32. The van der Waals surface area contributed by atoms with Gasteiger partial charge in [-0.05, 0) is 73.4 Å². The van der Waals surface area contributed by atoms with Gasteiger partial charge in [0.25, 0.3) is 5.91 Å². The Morgan fingerprint density at radius 2 is 1.76 bits per heavy atom. The van der Waals surface area contributed by atoms with Gasteiger partial charge in [0.15, 0.2) is 0 Å². The quantitative estimate of drug-likeness (QED) is 0.310. The number of aliphatic hydroxyl groups excluding tert-OH is 1. The molecular weight excluding hydrogens is 544 g/mol. The van der Waals surface area contributed by atoms with Crippen molar-refractivity contribution in [3.05, 3.63) is 93.0 Å². The number of aliphatic hydroxyl groups is 1. The highest BCUT2D eigenvalue weighted by atomic mass is 35.5. The molecule has 3 N–H and O–H groups in total. The van der Waals surface area contributed by atoms with Crippen LogP contribution in [0.3, 0.4) is 0 Å². The maximum Gasteiger partial charge on any atom is 0.336 e. The first-order chi connectivity index (χ1) is 19.3. The van der Waals surface area contributed by atoms with Crippen LogP contribution in [0.25, 0.3) is 0 Å². The Morgan fingerprint density at radius 3 is 2.44 bits per heavy atom. The van der Waals surface area contributed by atoms with E-state index >= 15 is 0 Å². The lowest BCUT2D eigenvalue weighted by molar-refractivity contribution is -0.136. The van der Waals surface area contributed by atoms with Crippen molar-refractivity contribution >= 4 is 40.8 Å². The van der Waals surface area contributed by atoms with Crippen molar-refractivity contribution < 1.29 is 29.3 Å². The van der Waals surface area contributed by atoms with Crippen LogP contribution in [0.2, 0.25) is 5.02 Å². The number of anilines is 2. The third-order valence-corrected chi connectivity index (χ3v) is 7.71. The number of hydrogen-bond donors (Lipinski definition) is 3. The summed E-state index contributed by atoms with van der Waals surface area (Å²) < 4.78 is 6.53. The standard InChI is InChI=1S/C32H35ClN2O6/c1-18-7-6-8-23(20(18)3)29-25-13-21(33)10-12-26(25)35(16-32(4,5)17-36)30(38)27(41-29)15-28(37)34-22-11-9-19(2)24(14-22)31(39)40/h6-14,27,29,36H,15-17H2,1-5H3,(H,34,37)(H,39,40)/t27-,29+/m1/s1. The van der Waals surface area contributed by atoms with E-state index in [-0.39, 0.29) is 25.1 Å². The molecule has 216 valence electrons. The Balaban J connectivity index is 1.77. The second-order valence-electron chi connectivity index (χ2n) is 11.3. The van der Waals surface area contributed by atoms with Crippen LogP contribution in [0.1, 0.15) is 64.5 Å². The zero-order chi connectivity index (χ0) is 30.1. The number of benzene rings is 3. The number of amides is 2. The number of aryl methyl sites for hydroxylation is 2. The molecule has 3 aromatic rings. The molecule has 0 saturated carbocycles. The fourth-order valence-electron chi connectivity index (χ4n) is 4.96. The number of ether oxygens (including phenoxy) is 1. The van der Waals surface area contributed by atoms with Gasteiger partial charge in [-0.2, -0.15) is 0 Å². The second kappa shape index (κ2) is 12.0. The molecule has 0 radical (unpaired) electrons. The molecule has 0 aliphatic carbocycles. The molecule has 0 spiro atoms. The van der Waals surface area contributed by atoms with Crippen molar-refractivity contribution in [2.24, 2.45) is 5.41 Å². The summed E-state index contributed by atoms with van der Waals surface area (Å²) >= 11 is 6.45. The van der Waals surface area contributed by atoms with Crippen LogP contribution < -0.4 is 10.2 Å². The van der Waals surface area contributed by atoms with E-state index in [0.717, 1.165) is 16.7 Å². The summed E-state index contributed by atoms with van der Waals surface area (Å²) in [6.07, 6.45) is -2.19. The van der Waals surface area contributed by atoms with Gasteiger partial charge in [0.2, 0.25) is 5.91 Å². The first-order valence-corrected chi connectivity index (χ1v) is 13.8. The monoisotopic (exact) mass is 578 g/mol. The number of nitrogens with one attached hydrogen (secondary N) is 1. The van der Waals surface area contributed by atoms with Crippen LogP contribution >= 0.6 is 11.6 Å². The number of carboxylic acid groups (broad SMARTS) is 1. The van der Waals surface area contributed by atoms with Crippen molar-refractivity contribution in [1.29, 1.82) is 0 Å². The van der Waals surface area contributed by atoms with Gasteiger partial charge in [-0.1, -0.05) is 49.7 Å². The highest BCUT2D eigenvalue weighted by Gasteiger charge is 2.40. The SMILES string of the molecule is Cc1ccc(NC(=O)C[C@H]2O[C@@H](c3cccc(C)c3C)c3cc(Cl)ccc3N(CC(C)(C)CO)C2=O)cc1C(=O)O. The number of carbonyl (C=O) groups is 3. The molecule has 9 heteroatoms. The Morgan fingerprint density at radius 1 is 1.02 bits per heavy atom. The Hall–Kier alpha value is -3.72. The number of carboxylic acids is 1. The molecule has 1 heterocycles. The molecule has 2 atom stereocenters. The third-order valence-electron chi connectivity index (χ3n) is 7.47. The fourth-order valence-corrected chi connectivity index (χ4v) is 5.14. The highest BCUT2D eigenvalue weighted by molar-refractivity contribution is 6.30. The molecule has 0 bridgehead atoms. The van der Waals surface area contributed by atoms with E-state index in [2.05, 4.69) is 5.32 Å². The lowest BCUT2D eigenvalue weighted by atomic mass is 9.91. The molecule has 3 aromatic carbocycles. The molecule has 1 aliphatic rings. The average molecular weight is 579 g/mol. The first-order valence-electron chi connectivity index (χ1n) is 13.4. The zero-order valence-corrected chi connectivity index (χ0v) is 24.6. The number of fused-ring (bicyclic) bond motifs is 1. The molecular formula is C32H35ClN2O6. The maximum absolute atomic E-state index is 14.1. The largest absolute Gasteiger partial charge is 0.478 e. The number of rotatable bonds is 8. The number of carbonyl (C=O) groups excluding carboxylic acids is 2. The van der Waals surface area contributed by atoms with Crippen molar-refractivity contribution in [2.45, 2.75) is 53.2 Å². The van der Waals surface area contributed by atoms with E-state index < -0.39 is 35.4 Å². The second-order valence-corrected chi connectivity index (χ2v) is 11.8. The molecule has 4 rings (SSSR count). The topological polar surface area (TPSA) is 116 Å². The number of halogens is 1. The summed E-state index contributed by atoms with van der Waals surface area (Å²) in [5.41, 5.74) is 4.46. The summed E-state index contributed by atoms with van der Waals surface area (Å²) in [5.74, 6) is -2.03. The van der Waals surface area contributed by atoms with E-state index in [1.807, 2.05) is 45.9 Å². The van der Waals surface area contributed by atoms with Crippen molar-refractivity contribution in [3.8, 4) is 0 Å². The summed E-state index contributed by atoms with van der Waals surface area (Å²) in [5, 5.41) is 22.7. The van der Waals surface area contributed by atoms with Gasteiger partial charge >= 0.3 is 5.97 Å². The van der Waals surface area contributed by atoms with E-state index in [4.69, 9.17) is 16.3 Å². The first kappa shape index (κ1) is 30.2. The molecule has 0 unspecified atom stereocenters. The number of hydrogen-bond acceptors (Lipinski definition) is 5. The third kappa shape index (κ3) is 6.62. The van der Waals surface area contributed by atoms with Gasteiger partial charge < -0.3 is 25.2 Å². The summed E-state index contributed by atoms with van der Waals surface area (Å²) in [4.78, 5) is 40.5. The van der Waals surface area contributed by atoms with Gasteiger partial charge in [0, 0.05) is 40.5 Å². The molecule has 2 amide bonds. The van der Waals surface area contributed by atoms with Crippen molar-refractivity contribution in [1.82, 2.24) is 0 Å². The molecule has 0 saturated heterocycles. The van der Waals surface area contributed by atoms with Gasteiger partial charge in [0.1, 0.15) is 12.2 Å².